The van der Waals surface area contributed by atoms with Crippen molar-refractivity contribution in [2.24, 2.45) is 0 Å². The third-order valence-electron chi connectivity index (χ3n) is 4.53. The van der Waals surface area contributed by atoms with E-state index in [-0.39, 0.29) is 11.3 Å². The van der Waals surface area contributed by atoms with Gasteiger partial charge in [0.2, 0.25) is 0 Å². The number of methoxy groups -OCH3 is 1. The fourth-order valence-electron chi connectivity index (χ4n) is 3.00. The van der Waals surface area contributed by atoms with Gasteiger partial charge in [0.25, 0.3) is 5.91 Å². The lowest BCUT2D eigenvalue weighted by molar-refractivity contribution is 0.0603. The van der Waals surface area contributed by atoms with Crippen LogP contribution in [0.25, 0.3) is 10.9 Å². The summed E-state index contributed by atoms with van der Waals surface area (Å²) in [5.41, 5.74) is 0.303. The van der Waals surface area contributed by atoms with Crippen molar-refractivity contribution in [3.05, 3.63) is 66.1 Å². The Bertz CT molecular complexity index is 1220. The van der Waals surface area contributed by atoms with E-state index in [1.807, 2.05) is 0 Å². The number of carbonyl (C=O) groups excluding carboxylic acids is 2. The maximum Gasteiger partial charge on any atom is 0.340 e. The highest BCUT2D eigenvalue weighted by atomic mass is 32.2. The Balaban J connectivity index is 2.10. The SMILES string of the molecule is COC(=O)c1cn(C(=O)CN(c2ccccc2F)S(=O)(=O)N(C)C)c2ccccc12. The second kappa shape index (κ2) is 8.25. The van der Waals surface area contributed by atoms with Crippen molar-refractivity contribution in [2.75, 3.05) is 32.1 Å². The summed E-state index contributed by atoms with van der Waals surface area (Å²) in [6.07, 6.45) is 1.29. The first-order valence-corrected chi connectivity index (χ1v) is 10.2. The maximum atomic E-state index is 14.4. The molecule has 0 saturated carbocycles. The lowest BCUT2D eigenvalue weighted by Crippen LogP contribution is -2.44. The first kappa shape index (κ1) is 21.5. The predicted octanol–water partition coefficient (Wildman–Crippen LogP) is 2.52. The van der Waals surface area contributed by atoms with Gasteiger partial charge in [-0.15, -0.1) is 0 Å². The Kier molecular flexibility index (Phi) is 5.90. The summed E-state index contributed by atoms with van der Waals surface area (Å²) in [4.78, 5) is 25.2. The highest BCUT2D eigenvalue weighted by Gasteiger charge is 2.30. The molecule has 0 saturated heterocycles. The van der Waals surface area contributed by atoms with Crippen molar-refractivity contribution >= 4 is 38.7 Å². The van der Waals surface area contributed by atoms with Crippen LogP contribution in [0.5, 0.6) is 0 Å². The van der Waals surface area contributed by atoms with E-state index in [1.54, 1.807) is 24.3 Å². The largest absolute Gasteiger partial charge is 0.465 e. The van der Waals surface area contributed by atoms with Gasteiger partial charge in [0.1, 0.15) is 12.4 Å². The molecule has 8 nitrogen and oxygen atoms in total. The molecular formula is C20H20FN3O5S. The van der Waals surface area contributed by atoms with E-state index in [0.717, 1.165) is 10.4 Å². The number of nitrogens with zero attached hydrogens (tertiary/aromatic N) is 3. The van der Waals surface area contributed by atoms with Crippen LogP contribution in [0.15, 0.2) is 54.7 Å². The molecule has 3 rings (SSSR count). The second-order valence-corrected chi connectivity index (χ2v) is 8.63. The number of hydrogen-bond donors (Lipinski definition) is 0. The zero-order chi connectivity index (χ0) is 22.1. The van der Waals surface area contributed by atoms with Crippen molar-refractivity contribution in [1.82, 2.24) is 8.87 Å². The number of anilines is 1. The molecule has 0 atom stereocenters. The lowest BCUT2D eigenvalue weighted by atomic mass is 10.2. The Morgan fingerprint density at radius 2 is 1.70 bits per heavy atom. The third kappa shape index (κ3) is 3.79. The van der Waals surface area contributed by atoms with Crippen molar-refractivity contribution < 1.29 is 27.1 Å². The summed E-state index contributed by atoms with van der Waals surface area (Å²) in [6.45, 7) is -0.680. The summed E-state index contributed by atoms with van der Waals surface area (Å²) >= 11 is 0. The lowest BCUT2D eigenvalue weighted by Gasteiger charge is -2.27. The number of carbonyl (C=O) groups is 2. The van der Waals surface area contributed by atoms with Crippen LogP contribution in [-0.4, -0.2) is 56.9 Å². The molecule has 1 aromatic heterocycles. The standard InChI is InChI=1S/C20H20FN3O5S/c1-22(2)30(27,28)24(18-11-7-5-9-16(18)21)13-19(25)23-12-15(20(26)29-3)14-8-4-6-10-17(14)23/h4-12H,13H2,1-3H3. The van der Waals surface area contributed by atoms with E-state index < -0.39 is 34.4 Å². The number of aromatic nitrogens is 1. The van der Waals surface area contributed by atoms with Gasteiger partial charge in [-0.25, -0.2) is 13.5 Å². The van der Waals surface area contributed by atoms with Gasteiger partial charge in [0.15, 0.2) is 0 Å². The molecule has 0 aliphatic heterocycles. The van der Waals surface area contributed by atoms with E-state index in [2.05, 4.69) is 0 Å². The van der Waals surface area contributed by atoms with Gasteiger partial charge in [-0.1, -0.05) is 30.3 Å². The van der Waals surface area contributed by atoms with Gasteiger partial charge >= 0.3 is 16.2 Å². The van der Waals surface area contributed by atoms with Gasteiger partial charge in [-0.3, -0.25) is 9.36 Å². The molecule has 3 aromatic rings. The molecule has 0 fully saturated rings. The van der Waals surface area contributed by atoms with Crippen molar-refractivity contribution in [3.8, 4) is 0 Å². The number of hydrogen-bond acceptors (Lipinski definition) is 5. The smallest absolute Gasteiger partial charge is 0.340 e. The Hall–Kier alpha value is -3.24. The molecule has 2 aromatic carbocycles. The fourth-order valence-corrected chi connectivity index (χ4v) is 4.06. The minimum Gasteiger partial charge on any atom is -0.465 e. The number of halogens is 1. The third-order valence-corrected chi connectivity index (χ3v) is 6.33. The monoisotopic (exact) mass is 433 g/mol. The molecule has 0 aliphatic carbocycles. The maximum absolute atomic E-state index is 14.4. The summed E-state index contributed by atoms with van der Waals surface area (Å²) in [5.74, 6) is -2.09. The van der Waals surface area contributed by atoms with Gasteiger partial charge in [0, 0.05) is 25.7 Å². The first-order chi connectivity index (χ1) is 14.2. The molecule has 0 spiro atoms. The topological polar surface area (TPSA) is 88.9 Å². The summed E-state index contributed by atoms with van der Waals surface area (Å²) < 4.78 is 47.5. The summed E-state index contributed by atoms with van der Waals surface area (Å²) in [6, 6.07) is 11.9. The number of benzene rings is 2. The Labute approximate surface area is 173 Å². The van der Waals surface area contributed by atoms with Crippen LogP contribution >= 0.6 is 0 Å². The zero-order valence-electron chi connectivity index (χ0n) is 16.6. The minimum absolute atomic E-state index is 0.161. The molecule has 30 heavy (non-hydrogen) atoms. The minimum atomic E-state index is -4.18. The van der Waals surface area contributed by atoms with Crippen LogP contribution in [0, 0.1) is 5.82 Å². The van der Waals surface area contributed by atoms with E-state index in [0.29, 0.717) is 15.2 Å². The zero-order valence-corrected chi connectivity index (χ0v) is 17.4. The fraction of sp³-hybridized carbons (Fsp3) is 0.200. The highest BCUT2D eigenvalue weighted by molar-refractivity contribution is 7.90. The second-order valence-electron chi connectivity index (χ2n) is 6.56. The molecule has 0 N–H and O–H groups in total. The average Bonchev–Trinajstić information content (AvgIpc) is 3.11. The summed E-state index contributed by atoms with van der Waals surface area (Å²) in [5, 5.41) is 0.477. The highest BCUT2D eigenvalue weighted by Crippen LogP contribution is 2.25. The van der Waals surface area contributed by atoms with Gasteiger partial charge in [-0.2, -0.15) is 12.7 Å². The van der Waals surface area contributed by atoms with E-state index in [9.17, 15) is 22.4 Å². The van der Waals surface area contributed by atoms with E-state index in [1.165, 1.54) is 50.2 Å². The van der Waals surface area contributed by atoms with Gasteiger partial charge < -0.3 is 4.74 Å². The normalized spacial score (nSPS) is 11.6. The van der Waals surface area contributed by atoms with E-state index in [4.69, 9.17) is 4.74 Å². The van der Waals surface area contributed by atoms with Crippen LogP contribution in [0.2, 0.25) is 0 Å². The molecule has 158 valence electrons. The molecule has 0 unspecified atom stereocenters. The summed E-state index contributed by atoms with van der Waals surface area (Å²) in [7, 11) is -0.391. The molecular weight excluding hydrogens is 413 g/mol. The van der Waals surface area contributed by atoms with Crippen LogP contribution in [0.4, 0.5) is 10.1 Å². The van der Waals surface area contributed by atoms with Crippen LogP contribution in [0.3, 0.4) is 0 Å². The molecule has 1 heterocycles. The predicted molar refractivity (Wildman–Crippen MR) is 110 cm³/mol. The molecule has 0 amide bonds. The molecule has 0 bridgehead atoms. The van der Waals surface area contributed by atoms with Gasteiger partial charge in [0.05, 0.1) is 23.9 Å². The molecule has 0 radical (unpaired) electrons. The van der Waals surface area contributed by atoms with Crippen molar-refractivity contribution in [1.29, 1.82) is 0 Å². The van der Waals surface area contributed by atoms with Gasteiger partial charge in [-0.05, 0) is 18.2 Å². The quantitative estimate of drug-likeness (QED) is 0.558. The van der Waals surface area contributed by atoms with Crippen molar-refractivity contribution in [2.45, 2.75) is 0 Å². The molecule has 10 heteroatoms. The van der Waals surface area contributed by atoms with Crippen LogP contribution in [0.1, 0.15) is 15.2 Å². The van der Waals surface area contributed by atoms with Crippen LogP contribution < -0.4 is 4.31 Å². The molecule has 0 aliphatic rings. The number of esters is 1. The number of para-hydroxylation sites is 2. The number of fused-ring (bicyclic) bond motifs is 1. The van der Waals surface area contributed by atoms with Crippen LogP contribution in [-0.2, 0) is 14.9 Å². The van der Waals surface area contributed by atoms with E-state index >= 15 is 0 Å². The first-order valence-electron chi connectivity index (χ1n) is 8.84. The van der Waals surface area contributed by atoms with Crippen molar-refractivity contribution in [3.63, 3.8) is 0 Å². The number of ether oxygens (including phenoxy) is 1. The Morgan fingerprint density at radius 1 is 1.07 bits per heavy atom. The average molecular weight is 433 g/mol. The Morgan fingerprint density at radius 3 is 2.33 bits per heavy atom. The number of rotatable bonds is 6.